The Hall–Kier alpha value is -3.28. The van der Waals surface area contributed by atoms with Gasteiger partial charge >= 0.3 is 0 Å². The third kappa shape index (κ3) is 2.71. The number of anilines is 2. The molecule has 2 aliphatic carbocycles. The molecule has 1 N–H and O–H groups in total. The van der Waals surface area contributed by atoms with Crippen LogP contribution in [0.25, 0.3) is 21.6 Å². The topological polar surface area (TPSA) is 63.2 Å². The summed E-state index contributed by atoms with van der Waals surface area (Å²) in [7, 11) is 1.73. The van der Waals surface area contributed by atoms with Gasteiger partial charge in [0.2, 0.25) is 12.4 Å². The normalized spacial score (nSPS) is 25.5. The number of hydrogen-bond donors (Lipinski definition) is 1. The minimum absolute atomic E-state index is 0.186. The molecular weight excluding hydrogens is 412 g/mol. The zero-order valence-corrected chi connectivity index (χ0v) is 17.7. The summed E-state index contributed by atoms with van der Waals surface area (Å²) in [6.07, 6.45) is 3.09. The van der Waals surface area contributed by atoms with Crippen LogP contribution >= 0.6 is 0 Å². The SMILES string of the molecule is [C-]#[N+]C1(c2ccc3cnn(-c4cc(N5CC[C@H](C(F)F)C5)nc(NC)n4)c3c2)CC12CC2. The van der Waals surface area contributed by atoms with Gasteiger partial charge in [0.25, 0.3) is 5.54 Å². The molecule has 2 atom stereocenters. The molecule has 9 heteroatoms. The van der Waals surface area contributed by atoms with Gasteiger partial charge in [-0.25, -0.2) is 20.0 Å². The van der Waals surface area contributed by atoms with E-state index < -0.39 is 17.9 Å². The van der Waals surface area contributed by atoms with Crippen molar-refractivity contribution in [1.82, 2.24) is 19.7 Å². The number of nitrogens with zero attached hydrogens (tertiary/aromatic N) is 6. The summed E-state index contributed by atoms with van der Waals surface area (Å²) in [5, 5.41) is 8.49. The van der Waals surface area contributed by atoms with Crippen molar-refractivity contribution >= 4 is 22.7 Å². The minimum Gasteiger partial charge on any atom is -0.357 e. The molecule has 6 rings (SSSR count). The predicted octanol–water partition coefficient (Wildman–Crippen LogP) is 4.25. The number of alkyl halides is 2. The zero-order valence-electron chi connectivity index (χ0n) is 17.7. The van der Waals surface area contributed by atoms with Gasteiger partial charge in [0.05, 0.1) is 17.1 Å². The standard InChI is InChI=1S/C23H23F2N7/c1-26-21-29-18(31-8-5-15(12-31)20(24)25)10-19(30-21)32-17-9-16(4-3-14(17)11-28-32)23(27-2)13-22(23)6-7-22/h3-4,9-11,15,20H,5-8,12-13H2,1H3,(H,26,29,30)/t15-,23?/m0/s1. The summed E-state index contributed by atoms with van der Waals surface area (Å²) < 4.78 is 28.1. The lowest BCUT2D eigenvalue weighted by molar-refractivity contribution is 0.0880. The van der Waals surface area contributed by atoms with Crippen LogP contribution in [0.5, 0.6) is 0 Å². The molecule has 0 radical (unpaired) electrons. The fraction of sp³-hybridized carbons (Fsp3) is 0.478. The van der Waals surface area contributed by atoms with Crippen LogP contribution in [0.3, 0.4) is 0 Å². The number of aromatic nitrogens is 4. The second kappa shape index (κ2) is 6.61. The smallest absolute Gasteiger partial charge is 0.264 e. The first-order valence-corrected chi connectivity index (χ1v) is 11.0. The fourth-order valence-corrected chi connectivity index (χ4v) is 5.28. The molecule has 3 fully saturated rings. The van der Waals surface area contributed by atoms with Gasteiger partial charge in [0.1, 0.15) is 5.82 Å². The number of halogens is 2. The first-order valence-electron chi connectivity index (χ1n) is 11.0. The Bertz CT molecular complexity index is 1260. The van der Waals surface area contributed by atoms with Crippen LogP contribution in [0.15, 0.2) is 30.5 Å². The second-order valence-corrected chi connectivity index (χ2v) is 9.25. The third-order valence-electron chi connectivity index (χ3n) is 7.48. The molecule has 32 heavy (non-hydrogen) atoms. The lowest BCUT2D eigenvalue weighted by Gasteiger charge is -2.19. The van der Waals surface area contributed by atoms with Crippen molar-refractivity contribution < 1.29 is 8.78 Å². The summed E-state index contributed by atoms with van der Waals surface area (Å²) in [6.45, 7) is 8.64. The average molecular weight is 435 g/mol. The van der Waals surface area contributed by atoms with E-state index in [1.807, 2.05) is 11.0 Å². The van der Waals surface area contributed by atoms with E-state index in [2.05, 4.69) is 37.4 Å². The first-order chi connectivity index (χ1) is 15.5. The number of benzene rings is 1. The van der Waals surface area contributed by atoms with Crippen LogP contribution in [0.2, 0.25) is 0 Å². The molecule has 7 nitrogen and oxygen atoms in total. The molecule has 2 saturated carbocycles. The molecule has 1 spiro atoms. The van der Waals surface area contributed by atoms with Crippen LogP contribution in [-0.4, -0.2) is 46.3 Å². The molecule has 1 aliphatic heterocycles. The molecule has 0 amide bonds. The van der Waals surface area contributed by atoms with Gasteiger partial charge in [-0.3, -0.25) is 0 Å². The summed E-state index contributed by atoms with van der Waals surface area (Å²) in [4.78, 5) is 15.0. The Kier molecular flexibility index (Phi) is 4.01. The summed E-state index contributed by atoms with van der Waals surface area (Å²) in [6, 6.07) is 7.94. The molecule has 3 aromatic rings. The summed E-state index contributed by atoms with van der Waals surface area (Å²) in [5.74, 6) is 0.951. The largest absolute Gasteiger partial charge is 0.357 e. The van der Waals surface area contributed by atoms with Crippen molar-refractivity contribution in [2.45, 2.75) is 37.6 Å². The van der Waals surface area contributed by atoms with E-state index in [-0.39, 0.29) is 12.0 Å². The van der Waals surface area contributed by atoms with Gasteiger partial charge in [-0.1, -0.05) is 12.1 Å². The van der Waals surface area contributed by atoms with Gasteiger partial charge in [0, 0.05) is 49.5 Å². The number of rotatable bonds is 5. The molecule has 3 heterocycles. The van der Waals surface area contributed by atoms with Gasteiger partial charge in [-0.05, 0) is 25.3 Å². The highest BCUT2D eigenvalue weighted by Crippen LogP contribution is 2.79. The maximum atomic E-state index is 13.2. The van der Waals surface area contributed by atoms with E-state index >= 15 is 0 Å². The van der Waals surface area contributed by atoms with E-state index in [1.54, 1.807) is 24.0 Å². The van der Waals surface area contributed by atoms with Gasteiger partial charge < -0.3 is 15.1 Å². The molecule has 0 bridgehead atoms. The molecule has 3 aliphatic rings. The van der Waals surface area contributed by atoms with E-state index in [0.717, 1.165) is 35.7 Å². The molecular formula is C23H23F2N7. The lowest BCUT2D eigenvalue weighted by atomic mass is 10.0. The predicted molar refractivity (Wildman–Crippen MR) is 117 cm³/mol. The Morgan fingerprint density at radius 3 is 2.69 bits per heavy atom. The van der Waals surface area contributed by atoms with Crippen molar-refractivity contribution in [2.24, 2.45) is 11.3 Å². The van der Waals surface area contributed by atoms with Crippen LogP contribution < -0.4 is 10.2 Å². The Morgan fingerprint density at radius 1 is 1.22 bits per heavy atom. The Labute approximate surface area is 184 Å². The highest BCUT2D eigenvalue weighted by Gasteiger charge is 2.82. The van der Waals surface area contributed by atoms with Gasteiger partial charge in [-0.15, -0.1) is 0 Å². The Morgan fingerprint density at radius 2 is 2.03 bits per heavy atom. The van der Waals surface area contributed by atoms with Crippen molar-refractivity contribution in [1.29, 1.82) is 0 Å². The van der Waals surface area contributed by atoms with Crippen molar-refractivity contribution in [3.05, 3.63) is 47.4 Å². The van der Waals surface area contributed by atoms with E-state index in [4.69, 9.17) is 6.57 Å². The van der Waals surface area contributed by atoms with Gasteiger partial charge in [-0.2, -0.15) is 15.1 Å². The van der Waals surface area contributed by atoms with E-state index in [0.29, 0.717) is 30.5 Å². The maximum absolute atomic E-state index is 13.2. The molecule has 164 valence electrons. The molecule has 1 unspecified atom stereocenters. The first kappa shape index (κ1) is 19.4. The van der Waals surface area contributed by atoms with Crippen LogP contribution in [0.1, 0.15) is 31.2 Å². The summed E-state index contributed by atoms with van der Waals surface area (Å²) in [5.41, 5.74) is 1.71. The van der Waals surface area contributed by atoms with Crippen molar-refractivity contribution in [2.75, 3.05) is 30.4 Å². The molecule has 1 saturated heterocycles. The van der Waals surface area contributed by atoms with E-state index in [1.165, 1.54) is 0 Å². The number of hydrogen-bond acceptors (Lipinski definition) is 5. The summed E-state index contributed by atoms with van der Waals surface area (Å²) >= 11 is 0. The Balaban J connectivity index is 1.41. The number of nitrogens with one attached hydrogen (secondary N) is 1. The second-order valence-electron chi connectivity index (χ2n) is 9.25. The average Bonchev–Trinajstić information content (AvgIpc) is 3.56. The zero-order chi connectivity index (χ0) is 22.1. The number of fused-ring (bicyclic) bond motifs is 1. The highest BCUT2D eigenvalue weighted by molar-refractivity contribution is 5.81. The minimum atomic E-state index is -2.33. The quantitative estimate of drug-likeness (QED) is 0.607. The monoisotopic (exact) mass is 435 g/mol. The maximum Gasteiger partial charge on any atom is 0.264 e. The van der Waals surface area contributed by atoms with Crippen LogP contribution in [0.4, 0.5) is 20.5 Å². The fourth-order valence-electron chi connectivity index (χ4n) is 5.28. The van der Waals surface area contributed by atoms with Crippen LogP contribution in [-0.2, 0) is 5.54 Å². The van der Waals surface area contributed by atoms with Crippen LogP contribution in [0, 0.1) is 17.9 Å². The van der Waals surface area contributed by atoms with Crippen molar-refractivity contribution in [3.63, 3.8) is 0 Å². The van der Waals surface area contributed by atoms with Crippen molar-refractivity contribution in [3.8, 4) is 5.82 Å². The van der Waals surface area contributed by atoms with Gasteiger partial charge in [0.15, 0.2) is 5.82 Å². The highest BCUT2D eigenvalue weighted by atomic mass is 19.3. The lowest BCUT2D eigenvalue weighted by Crippen LogP contribution is -2.23. The molecule has 2 aromatic heterocycles. The van der Waals surface area contributed by atoms with E-state index in [9.17, 15) is 8.78 Å². The third-order valence-corrected chi connectivity index (χ3v) is 7.48. The molecule has 1 aromatic carbocycles.